The van der Waals surface area contributed by atoms with Gasteiger partial charge in [-0.15, -0.1) is 0 Å². The fraction of sp³-hybridized carbons (Fsp3) is 0.500. The van der Waals surface area contributed by atoms with Gasteiger partial charge in [0.2, 0.25) is 0 Å². The summed E-state index contributed by atoms with van der Waals surface area (Å²) in [4.78, 5) is 29.8. The smallest absolute Gasteiger partial charge is 0.315 e. The molecule has 0 aliphatic carbocycles. The van der Waals surface area contributed by atoms with Gasteiger partial charge in [0.05, 0.1) is 0 Å². The topological polar surface area (TPSA) is 62.3 Å². The molecule has 1 unspecified atom stereocenters. The molecule has 0 radical (unpaired) electrons. The maximum Gasteiger partial charge on any atom is 0.315 e. The number of likely N-dealkylation sites (tertiary alicyclic amines) is 1. The number of hydrogen-bond acceptors (Lipinski definition) is 3. The Labute approximate surface area is 113 Å². The van der Waals surface area contributed by atoms with Crippen molar-refractivity contribution in [3.63, 3.8) is 0 Å². The van der Waals surface area contributed by atoms with E-state index in [1.54, 1.807) is 17.2 Å². The molecule has 1 saturated heterocycles. The predicted octanol–water partition coefficient (Wildman–Crippen LogP) is 1.73. The minimum atomic E-state index is -0.601. The van der Waals surface area contributed by atoms with Crippen LogP contribution in [-0.2, 0) is 9.59 Å². The van der Waals surface area contributed by atoms with Crippen LogP contribution in [0.15, 0.2) is 18.3 Å². The molecule has 2 heterocycles. The van der Waals surface area contributed by atoms with E-state index in [1.165, 1.54) is 0 Å². The van der Waals surface area contributed by atoms with E-state index in [1.807, 2.05) is 19.9 Å². The first-order valence-corrected chi connectivity index (χ1v) is 6.63. The Morgan fingerprint density at radius 2 is 2.21 bits per heavy atom. The van der Waals surface area contributed by atoms with Crippen molar-refractivity contribution in [3.8, 4) is 0 Å². The van der Waals surface area contributed by atoms with Crippen LogP contribution in [0.2, 0.25) is 0 Å². The van der Waals surface area contributed by atoms with Gasteiger partial charge in [0.25, 0.3) is 0 Å². The second kappa shape index (κ2) is 5.82. The van der Waals surface area contributed by atoms with Gasteiger partial charge in [-0.05, 0) is 44.7 Å². The minimum Gasteiger partial charge on any atom is -0.332 e. The van der Waals surface area contributed by atoms with Crippen molar-refractivity contribution in [1.29, 1.82) is 0 Å². The van der Waals surface area contributed by atoms with Crippen molar-refractivity contribution in [2.24, 2.45) is 0 Å². The van der Waals surface area contributed by atoms with Gasteiger partial charge in [-0.25, -0.2) is 4.98 Å². The third-order valence-corrected chi connectivity index (χ3v) is 3.50. The summed E-state index contributed by atoms with van der Waals surface area (Å²) < 4.78 is 0. The Balaban J connectivity index is 2.03. The summed E-state index contributed by atoms with van der Waals surface area (Å²) in [6.07, 6.45) is 4.64. The number of rotatable bonds is 1. The molecule has 102 valence electrons. The fourth-order valence-electron chi connectivity index (χ4n) is 2.31. The van der Waals surface area contributed by atoms with E-state index in [2.05, 4.69) is 10.3 Å². The molecule has 0 bridgehead atoms. The number of carbonyl (C=O) groups is 2. The van der Waals surface area contributed by atoms with Crippen LogP contribution >= 0.6 is 0 Å². The number of piperidine rings is 1. The molecule has 1 atom stereocenters. The van der Waals surface area contributed by atoms with Crippen LogP contribution in [0.5, 0.6) is 0 Å². The second-order valence-corrected chi connectivity index (χ2v) is 4.97. The van der Waals surface area contributed by atoms with Crippen LogP contribution in [-0.4, -0.2) is 34.3 Å². The standard InChI is InChI=1S/C14H19N3O2/c1-10-6-5-8-15-12(10)16-13(18)14(19)17-9-4-3-7-11(17)2/h5-6,8,11H,3-4,7,9H2,1-2H3,(H,15,16,18). The Hall–Kier alpha value is -1.91. The zero-order valence-electron chi connectivity index (χ0n) is 11.3. The van der Waals surface area contributed by atoms with Crippen LogP contribution < -0.4 is 5.32 Å². The molecule has 2 rings (SSSR count). The molecule has 1 aromatic rings. The lowest BCUT2D eigenvalue weighted by molar-refractivity contribution is -0.145. The van der Waals surface area contributed by atoms with Crippen LogP contribution in [0.4, 0.5) is 5.82 Å². The first kappa shape index (κ1) is 13.5. The van der Waals surface area contributed by atoms with Crippen LogP contribution in [0, 0.1) is 6.92 Å². The molecule has 5 heteroatoms. The molecule has 0 saturated carbocycles. The van der Waals surface area contributed by atoms with Crippen LogP contribution in [0.3, 0.4) is 0 Å². The van der Waals surface area contributed by atoms with E-state index in [9.17, 15) is 9.59 Å². The summed E-state index contributed by atoms with van der Waals surface area (Å²) in [5.41, 5.74) is 0.843. The number of hydrogen-bond donors (Lipinski definition) is 1. The van der Waals surface area contributed by atoms with Gasteiger partial charge in [-0.3, -0.25) is 9.59 Å². The lowest BCUT2D eigenvalue weighted by Gasteiger charge is -2.32. The summed E-state index contributed by atoms with van der Waals surface area (Å²) in [6, 6.07) is 3.77. The van der Waals surface area contributed by atoms with Crippen LogP contribution in [0.1, 0.15) is 31.7 Å². The van der Waals surface area contributed by atoms with Crippen molar-refractivity contribution in [2.75, 3.05) is 11.9 Å². The summed E-state index contributed by atoms with van der Waals surface area (Å²) in [7, 11) is 0. The summed E-state index contributed by atoms with van der Waals surface area (Å²) >= 11 is 0. The van der Waals surface area contributed by atoms with Crippen LogP contribution in [0.25, 0.3) is 0 Å². The Bertz CT molecular complexity index is 487. The highest BCUT2D eigenvalue weighted by atomic mass is 16.2. The second-order valence-electron chi connectivity index (χ2n) is 4.97. The van der Waals surface area contributed by atoms with Crippen molar-refractivity contribution in [1.82, 2.24) is 9.88 Å². The molecular weight excluding hydrogens is 242 g/mol. The molecule has 1 aliphatic rings. The average Bonchev–Trinajstić information content (AvgIpc) is 2.41. The molecular formula is C14H19N3O2. The summed E-state index contributed by atoms with van der Waals surface area (Å²) in [5, 5.41) is 2.59. The molecule has 1 N–H and O–H groups in total. The van der Waals surface area contributed by atoms with E-state index in [-0.39, 0.29) is 6.04 Å². The zero-order chi connectivity index (χ0) is 13.8. The molecule has 0 aromatic carbocycles. The Morgan fingerprint density at radius 1 is 1.42 bits per heavy atom. The first-order chi connectivity index (χ1) is 9.09. The molecule has 1 fully saturated rings. The third-order valence-electron chi connectivity index (χ3n) is 3.50. The fourth-order valence-corrected chi connectivity index (χ4v) is 2.31. The molecule has 1 aromatic heterocycles. The lowest BCUT2D eigenvalue weighted by atomic mass is 10.0. The number of nitrogens with zero attached hydrogens (tertiary/aromatic N) is 2. The van der Waals surface area contributed by atoms with Gasteiger partial charge in [-0.1, -0.05) is 6.07 Å². The van der Waals surface area contributed by atoms with E-state index in [4.69, 9.17) is 0 Å². The zero-order valence-corrected chi connectivity index (χ0v) is 11.3. The van der Waals surface area contributed by atoms with Gasteiger partial charge in [-0.2, -0.15) is 0 Å². The van der Waals surface area contributed by atoms with E-state index >= 15 is 0 Å². The molecule has 0 spiro atoms. The minimum absolute atomic E-state index is 0.136. The Kier molecular flexibility index (Phi) is 4.14. The number of pyridine rings is 1. The highest BCUT2D eigenvalue weighted by Gasteiger charge is 2.28. The number of nitrogens with one attached hydrogen (secondary N) is 1. The van der Waals surface area contributed by atoms with Gasteiger partial charge in [0, 0.05) is 18.8 Å². The largest absolute Gasteiger partial charge is 0.332 e. The average molecular weight is 261 g/mol. The number of aromatic nitrogens is 1. The van der Waals surface area contributed by atoms with E-state index < -0.39 is 11.8 Å². The number of anilines is 1. The maximum atomic E-state index is 12.1. The SMILES string of the molecule is Cc1cccnc1NC(=O)C(=O)N1CCCCC1C. The number of aryl methyl sites for hydroxylation is 1. The van der Waals surface area contributed by atoms with Gasteiger partial charge >= 0.3 is 11.8 Å². The molecule has 2 amide bonds. The number of amides is 2. The highest BCUT2D eigenvalue weighted by Crippen LogP contribution is 2.17. The normalized spacial score (nSPS) is 19.1. The van der Waals surface area contributed by atoms with E-state index in [0.717, 1.165) is 24.8 Å². The lowest BCUT2D eigenvalue weighted by Crippen LogP contribution is -2.47. The highest BCUT2D eigenvalue weighted by molar-refractivity contribution is 6.39. The predicted molar refractivity (Wildman–Crippen MR) is 72.6 cm³/mol. The van der Waals surface area contributed by atoms with Crippen molar-refractivity contribution in [2.45, 2.75) is 39.2 Å². The third kappa shape index (κ3) is 3.10. The molecule has 5 nitrogen and oxygen atoms in total. The first-order valence-electron chi connectivity index (χ1n) is 6.63. The number of carbonyl (C=O) groups excluding carboxylic acids is 2. The van der Waals surface area contributed by atoms with Gasteiger partial charge < -0.3 is 10.2 Å². The summed E-state index contributed by atoms with van der Waals surface area (Å²) in [5.74, 6) is -0.613. The quantitative estimate of drug-likeness (QED) is 0.783. The van der Waals surface area contributed by atoms with Crippen molar-refractivity contribution >= 4 is 17.6 Å². The molecule has 1 aliphatic heterocycles. The molecule has 19 heavy (non-hydrogen) atoms. The van der Waals surface area contributed by atoms with Crippen molar-refractivity contribution in [3.05, 3.63) is 23.9 Å². The van der Waals surface area contributed by atoms with Gasteiger partial charge in [0.1, 0.15) is 5.82 Å². The van der Waals surface area contributed by atoms with Crippen molar-refractivity contribution < 1.29 is 9.59 Å². The Morgan fingerprint density at radius 3 is 2.89 bits per heavy atom. The van der Waals surface area contributed by atoms with E-state index in [0.29, 0.717) is 12.4 Å². The maximum absolute atomic E-state index is 12.1. The van der Waals surface area contributed by atoms with Gasteiger partial charge in [0.15, 0.2) is 0 Å². The monoisotopic (exact) mass is 261 g/mol. The summed E-state index contributed by atoms with van der Waals surface area (Å²) in [6.45, 7) is 4.49.